The number of hydrogen-bond acceptors (Lipinski definition) is 9. The Labute approximate surface area is 235 Å². The molecule has 0 saturated carbocycles. The molecular formula is C30H27N5O4S. The van der Waals surface area contributed by atoms with Crippen LogP contribution in [0.5, 0.6) is 17.2 Å². The van der Waals surface area contributed by atoms with E-state index in [-0.39, 0.29) is 18.1 Å². The second kappa shape index (κ2) is 12.4. The van der Waals surface area contributed by atoms with Crippen molar-refractivity contribution in [3.63, 3.8) is 0 Å². The van der Waals surface area contributed by atoms with Crippen molar-refractivity contribution in [1.82, 2.24) is 19.7 Å². The van der Waals surface area contributed by atoms with E-state index in [1.165, 1.54) is 11.8 Å². The van der Waals surface area contributed by atoms with Crippen molar-refractivity contribution >= 4 is 34.7 Å². The van der Waals surface area contributed by atoms with Gasteiger partial charge in [0.25, 0.3) is 0 Å². The van der Waals surface area contributed by atoms with Gasteiger partial charge in [-0.1, -0.05) is 54.2 Å². The molecule has 10 heteroatoms. The maximum atomic E-state index is 12.8. The van der Waals surface area contributed by atoms with Crippen LogP contribution in [0, 0.1) is 0 Å². The van der Waals surface area contributed by atoms with Crippen molar-refractivity contribution < 1.29 is 19.0 Å². The number of carbonyl (C=O) groups excluding carboxylic acids is 1. The number of para-hydroxylation sites is 2. The number of aromatic nitrogens is 4. The summed E-state index contributed by atoms with van der Waals surface area (Å²) in [7, 11) is 4.69. The Balaban J connectivity index is 1.38. The average molecular weight is 554 g/mol. The molecule has 5 rings (SSSR count). The topological polar surface area (TPSA) is 101 Å². The molecule has 2 aromatic heterocycles. The Morgan fingerprint density at radius 3 is 2.40 bits per heavy atom. The summed E-state index contributed by atoms with van der Waals surface area (Å²) in [6.45, 7) is 0.0510. The predicted octanol–water partition coefficient (Wildman–Crippen LogP) is 5.29. The van der Waals surface area contributed by atoms with Crippen LogP contribution in [0.4, 0.5) is 0 Å². The summed E-state index contributed by atoms with van der Waals surface area (Å²) in [6, 6.07) is 23.1. The average Bonchev–Trinajstić information content (AvgIpc) is 3.43. The molecular weight excluding hydrogens is 526 g/mol. The summed E-state index contributed by atoms with van der Waals surface area (Å²) in [4.78, 5) is 21.6. The fourth-order valence-electron chi connectivity index (χ4n) is 4.24. The largest absolute Gasteiger partial charge is 0.493 e. The van der Waals surface area contributed by atoms with Gasteiger partial charge in [0.2, 0.25) is 5.75 Å². The zero-order valence-corrected chi connectivity index (χ0v) is 23.1. The number of hydrogen-bond donors (Lipinski definition) is 0. The molecule has 0 aliphatic carbocycles. The lowest BCUT2D eigenvalue weighted by molar-refractivity contribution is -0.115. The van der Waals surface area contributed by atoms with Crippen LogP contribution in [-0.2, 0) is 4.79 Å². The lowest BCUT2D eigenvalue weighted by atomic mass is 10.1. The van der Waals surface area contributed by atoms with Crippen LogP contribution in [0.1, 0.15) is 5.56 Å². The molecule has 5 aromatic rings. The van der Waals surface area contributed by atoms with Gasteiger partial charge in [0.05, 0.1) is 39.1 Å². The first-order chi connectivity index (χ1) is 19.6. The zero-order chi connectivity index (χ0) is 27.9. The molecule has 0 spiro atoms. The van der Waals surface area contributed by atoms with Gasteiger partial charge in [-0.05, 0) is 30.3 Å². The molecule has 9 nitrogen and oxygen atoms in total. The quantitative estimate of drug-likeness (QED) is 0.161. The Morgan fingerprint density at radius 1 is 0.925 bits per heavy atom. The van der Waals surface area contributed by atoms with Crippen LogP contribution < -0.4 is 14.2 Å². The molecule has 202 valence electrons. The second-order valence-electron chi connectivity index (χ2n) is 8.61. The summed E-state index contributed by atoms with van der Waals surface area (Å²) in [5.74, 6) is 2.21. The van der Waals surface area contributed by atoms with E-state index in [1.54, 1.807) is 33.7 Å². The van der Waals surface area contributed by atoms with Crippen LogP contribution in [0.25, 0.3) is 28.0 Å². The number of benzene rings is 3. The molecule has 0 aliphatic heterocycles. The normalized spacial score (nSPS) is 11.2. The number of fused-ring (bicyclic) bond motifs is 1. The van der Waals surface area contributed by atoms with E-state index in [2.05, 4.69) is 20.2 Å². The van der Waals surface area contributed by atoms with E-state index in [0.717, 1.165) is 27.7 Å². The highest BCUT2D eigenvalue weighted by atomic mass is 32.2. The van der Waals surface area contributed by atoms with Crippen LogP contribution in [0.3, 0.4) is 0 Å². The maximum Gasteiger partial charge on any atom is 0.203 e. The Bertz CT molecular complexity index is 1640. The van der Waals surface area contributed by atoms with Gasteiger partial charge in [-0.25, -0.2) is 0 Å². The van der Waals surface area contributed by atoms with Gasteiger partial charge in [-0.15, -0.1) is 10.2 Å². The summed E-state index contributed by atoms with van der Waals surface area (Å²) in [5.41, 5.74) is 3.30. The number of pyridine rings is 1. The number of ether oxygens (including phenoxy) is 3. The second-order valence-corrected chi connectivity index (χ2v) is 9.55. The lowest BCUT2D eigenvalue weighted by Gasteiger charge is -2.15. The van der Waals surface area contributed by atoms with Crippen LogP contribution in [0.2, 0.25) is 0 Å². The molecule has 0 radical (unpaired) electrons. The monoisotopic (exact) mass is 553 g/mol. The maximum absolute atomic E-state index is 12.8. The van der Waals surface area contributed by atoms with E-state index in [0.29, 0.717) is 28.2 Å². The fraction of sp³-hybridized carbons (Fsp3) is 0.167. The molecule has 40 heavy (non-hydrogen) atoms. The van der Waals surface area contributed by atoms with Crippen LogP contribution in [0.15, 0.2) is 89.1 Å². The number of Topliss-reactive ketones (excluding diaryl/α,β-unsaturated/α-hetero) is 1. The minimum Gasteiger partial charge on any atom is -0.493 e. The van der Waals surface area contributed by atoms with Gasteiger partial charge in [0, 0.05) is 34.6 Å². The van der Waals surface area contributed by atoms with Crippen LogP contribution in [-0.4, -0.2) is 65.4 Å². The van der Waals surface area contributed by atoms with Gasteiger partial charge < -0.3 is 14.2 Å². The van der Waals surface area contributed by atoms with Crippen LogP contribution >= 0.6 is 11.8 Å². The van der Waals surface area contributed by atoms with Gasteiger partial charge in [0.15, 0.2) is 28.3 Å². The van der Waals surface area contributed by atoms with Gasteiger partial charge in [-0.3, -0.25) is 19.3 Å². The number of nitrogens with zero attached hydrogens (tertiary/aromatic N) is 5. The summed E-state index contributed by atoms with van der Waals surface area (Å²) in [6.07, 6.45) is 3.45. The van der Waals surface area contributed by atoms with Crippen molar-refractivity contribution in [2.75, 3.05) is 33.6 Å². The summed E-state index contributed by atoms with van der Waals surface area (Å²) < 4.78 is 18.4. The number of ketones is 1. The highest BCUT2D eigenvalue weighted by Gasteiger charge is 2.21. The Morgan fingerprint density at radius 2 is 1.68 bits per heavy atom. The van der Waals surface area contributed by atoms with E-state index >= 15 is 0 Å². The zero-order valence-electron chi connectivity index (χ0n) is 22.3. The highest BCUT2D eigenvalue weighted by molar-refractivity contribution is 7.99. The number of methoxy groups -OCH3 is 3. The molecule has 0 fully saturated rings. The molecule has 0 bridgehead atoms. The Hall–Kier alpha value is -4.70. The summed E-state index contributed by atoms with van der Waals surface area (Å²) in [5, 5.41) is 10.5. The van der Waals surface area contributed by atoms with Crippen molar-refractivity contribution in [1.29, 1.82) is 0 Å². The molecule has 0 saturated heterocycles. The van der Waals surface area contributed by atoms with Gasteiger partial charge >= 0.3 is 0 Å². The third-order valence-electron chi connectivity index (χ3n) is 6.09. The van der Waals surface area contributed by atoms with E-state index < -0.39 is 0 Å². The fourth-order valence-corrected chi connectivity index (χ4v) is 5.04. The predicted molar refractivity (Wildman–Crippen MR) is 156 cm³/mol. The molecule has 0 N–H and O–H groups in total. The van der Waals surface area contributed by atoms with Gasteiger partial charge in [-0.2, -0.15) is 0 Å². The molecule has 3 aromatic carbocycles. The molecule has 0 atom stereocenters. The third-order valence-corrected chi connectivity index (χ3v) is 7.08. The van der Waals surface area contributed by atoms with Gasteiger partial charge in [0.1, 0.15) is 0 Å². The number of aliphatic imine (C=N–C) groups is 1. The SMILES string of the molecule is COc1cc(-c2nnc(SCC(=O)CN=Cc3cccc4cccnc34)n2-c2ccccc2)cc(OC)c1OC. The van der Waals surface area contributed by atoms with Crippen molar-refractivity contribution in [2.45, 2.75) is 5.16 Å². The summed E-state index contributed by atoms with van der Waals surface area (Å²) >= 11 is 1.31. The first-order valence-corrected chi connectivity index (χ1v) is 13.4. The minimum absolute atomic E-state index is 0.0357. The van der Waals surface area contributed by atoms with Crippen molar-refractivity contribution in [3.8, 4) is 34.3 Å². The molecule has 0 aliphatic rings. The van der Waals surface area contributed by atoms with Crippen molar-refractivity contribution in [2.24, 2.45) is 4.99 Å². The molecule has 2 heterocycles. The third kappa shape index (κ3) is 5.67. The standard InChI is InChI=1S/C30H27N5O4S/c1-37-25-15-22(16-26(38-2)28(25)39-3)29-33-34-30(35(29)23-12-5-4-6-13-23)40-19-24(36)18-31-17-21-10-7-9-20-11-8-14-32-27(20)21/h4-17H,18-19H2,1-3H3. The highest BCUT2D eigenvalue weighted by Crippen LogP contribution is 2.41. The first kappa shape index (κ1) is 26.9. The number of carbonyl (C=O) groups is 1. The minimum atomic E-state index is -0.0357. The van der Waals surface area contributed by atoms with E-state index in [1.807, 2.05) is 77.4 Å². The van der Waals surface area contributed by atoms with E-state index in [4.69, 9.17) is 14.2 Å². The van der Waals surface area contributed by atoms with E-state index in [9.17, 15) is 4.79 Å². The number of rotatable bonds is 11. The Kier molecular flexibility index (Phi) is 8.36. The molecule has 0 unspecified atom stereocenters. The molecule has 0 amide bonds. The van der Waals surface area contributed by atoms with Crippen molar-refractivity contribution in [3.05, 3.63) is 84.6 Å². The first-order valence-electron chi connectivity index (χ1n) is 12.4. The smallest absolute Gasteiger partial charge is 0.203 e. The number of thioether (sulfide) groups is 1. The lowest BCUT2D eigenvalue weighted by Crippen LogP contribution is -2.08.